The first kappa shape index (κ1) is 14.4. The second-order valence-electron chi connectivity index (χ2n) is 6.28. The van der Waals surface area contributed by atoms with Crippen LogP contribution in [0.3, 0.4) is 0 Å². The molecule has 2 aliphatic carbocycles. The molecular formula is C17H22O4. The van der Waals surface area contributed by atoms with Crippen molar-refractivity contribution in [3.05, 3.63) is 23.2 Å². The van der Waals surface area contributed by atoms with E-state index in [-0.39, 0.29) is 24.2 Å². The first-order chi connectivity index (χ1) is 10.1. The van der Waals surface area contributed by atoms with E-state index >= 15 is 0 Å². The third-order valence-corrected chi connectivity index (χ3v) is 5.35. The van der Waals surface area contributed by atoms with Crippen LogP contribution in [0, 0.1) is 11.3 Å². The summed E-state index contributed by atoms with van der Waals surface area (Å²) in [5.74, 6) is 0.904. The fraction of sp³-hybridized carbons (Fsp3) is 0.647. The number of aryl methyl sites for hydroxylation is 1. The molecule has 0 fully saturated rings. The van der Waals surface area contributed by atoms with Gasteiger partial charge in [-0.1, -0.05) is 6.92 Å². The van der Waals surface area contributed by atoms with Crippen LogP contribution in [0.5, 0.6) is 0 Å². The fourth-order valence-corrected chi connectivity index (χ4v) is 4.35. The van der Waals surface area contributed by atoms with Crippen LogP contribution in [0.1, 0.15) is 55.9 Å². The van der Waals surface area contributed by atoms with Crippen molar-refractivity contribution in [2.24, 2.45) is 11.3 Å². The van der Waals surface area contributed by atoms with Gasteiger partial charge in [-0.3, -0.25) is 4.79 Å². The predicted octanol–water partition coefficient (Wildman–Crippen LogP) is 3.03. The van der Waals surface area contributed by atoms with Crippen molar-refractivity contribution in [1.82, 2.24) is 0 Å². The van der Waals surface area contributed by atoms with Crippen molar-refractivity contribution in [1.29, 1.82) is 0 Å². The number of hydrogen-bond donors (Lipinski definition) is 0. The average Bonchev–Trinajstić information content (AvgIpc) is 2.88. The van der Waals surface area contributed by atoms with Gasteiger partial charge in [-0.15, -0.1) is 0 Å². The maximum absolute atomic E-state index is 12.7. The number of aldehydes is 1. The molecule has 3 rings (SSSR count). The third kappa shape index (κ3) is 1.95. The summed E-state index contributed by atoms with van der Waals surface area (Å²) >= 11 is 0. The van der Waals surface area contributed by atoms with Crippen molar-refractivity contribution in [2.45, 2.75) is 51.9 Å². The summed E-state index contributed by atoms with van der Waals surface area (Å²) in [6, 6.07) is 0. The number of carbonyl (C=O) groups excluding carboxylic acids is 2. The highest BCUT2D eigenvalue weighted by atomic mass is 16.5. The van der Waals surface area contributed by atoms with Crippen molar-refractivity contribution in [3.8, 4) is 0 Å². The second kappa shape index (κ2) is 5.32. The van der Waals surface area contributed by atoms with Gasteiger partial charge in [0.2, 0.25) is 0 Å². The van der Waals surface area contributed by atoms with Crippen molar-refractivity contribution in [2.75, 3.05) is 6.61 Å². The van der Waals surface area contributed by atoms with Gasteiger partial charge in [-0.2, -0.15) is 0 Å². The van der Waals surface area contributed by atoms with Gasteiger partial charge in [-0.05, 0) is 37.7 Å². The summed E-state index contributed by atoms with van der Waals surface area (Å²) in [4.78, 5) is 24.1. The van der Waals surface area contributed by atoms with Crippen LogP contribution < -0.4 is 0 Å². The smallest absolute Gasteiger partial charge is 0.313 e. The zero-order valence-corrected chi connectivity index (χ0v) is 12.7. The summed E-state index contributed by atoms with van der Waals surface area (Å²) in [7, 11) is 0. The molecule has 1 heterocycles. The first-order valence-corrected chi connectivity index (χ1v) is 7.85. The van der Waals surface area contributed by atoms with Gasteiger partial charge in [0.05, 0.1) is 18.3 Å². The second-order valence-corrected chi connectivity index (χ2v) is 6.28. The lowest BCUT2D eigenvalue weighted by Crippen LogP contribution is -2.48. The van der Waals surface area contributed by atoms with Crippen molar-refractivity contribution < 1.29 is 18.7 Å². The molecule has 3 atom stereocenters. The number of ether oxygens (including phenoxy) is 1. The Bertz CT molecular complexity index is 559. The van der Waals surface area contributed by atoms with Crippen LogP contribution >= 0.6 is 0 Å². The highest BCUT2D eigenvalue weighted by molar-refractivity contribution is 5.82. The average molecular weight is 290 g/mol. The van der Waals surface area contributed by atoms with E-state index in [0.717, 1.165) is 31.3 Å². The standard InChI is InChI=1S/C17H22O4/c1-3-20-16(19)17(7-8-18)11(2)9-14-15-12(10-21-14)5-4-6-13(15)17/h8,10-11,13H,3-7,9H2,1-2H3/t11-,13+,17-/m1/s1. The fourth-order valence-electron chi connectivity index (χ4n) is 4.35. The van der Waals surface area contributed by atoms with Gasteiger partial charge in [-0.25, -0.2) is 0 Å². The first-order valence-electron chi connectivity index (χ1n) is 7.85. The van der Waals surface area contributed by atoms with E-state index in [9.17, 15) is 9.59 Å². The molecule has 4 nitrogen and oxygen atoms in total. The molecule has 2 aliphatic rings. The molecule has 0 N–H and O–H groups in total. The molecule has 0 spiro atoms. The van der Waals surface area contributed by atoms with Gasteiger partial charge >= 0.3 is 5.97 Å². The van der Waals surface area contributed by atoms with Crippen LogP contribution in [0.2, 0.25) is 0 Å². The van der Waals surface area contributed by atoms with E-state index in [1.165, 1.54) is 11.1 Å². The number of carbonyl (C=O) groups is 2. The number of rotatable bonds is 4. The minimum Gasteiger partial charge on any atom is -0.469 e. The quantitative estimate of drug-likeness (QED) is 0.632. The molecule has 114 valence electrons. The maximum atomic E-state index is 12.7. The predicted molar refractivity (Wildman–Crippen MR) is 77.0 cm³/mol. The topological polar surface area (TPSA) is 56.5 Å². The molecule has 1 aromatic heterocycles. The molecule has 0 unspecified atom stereocenters. The van der Waals surface area contributed by atoms with Crippen LogP contribution in [0.25, 0.3) is 0 Å². The molecule has 1 aromatic rings. The summed E-state index contributed by atoms with van der Waals surface area (Å²) in [6.07, 6.45) is 6.63. The monoisotopic (exact) mass is 290 g/mol. The zero-order valence-electron chi connectivity index (χ0n) is 12.7. The molecule has 4 heteroatoms. The molecule has 0 amide bonds. The van der Waals surface area contributed by atoms with E-state index in [1.807, 2.05) is 20.1 Å². The van der Waals surface area contributed by atoms with Crippen LogP contribution in [-0.2, 0) is 27.2 Å². The van der Waals surface area contributed by atoms with Gasteiger partial charge in [0.25, 0.3) is 0 Å². The molecule has 0 radical (unpaired) electrons. The van der Waals surface area contributed by atoms with Gasteiger partial charge in [0.15, 0.2) is 0 Å². The lowest BCUT2D eigenvalue weighted by atomic mass is 9.55. The summed E-state index contributed by atoms with van der Waals surface area (Å²) in [5.41, 5.74) is 1.69. The Morgan fingerprint density at radius 1 is 1.57 bits per heavy atom. The van der Waals surface area contributed by atoms with Crippen molar-refractivity contribution in [3.63, 3.8) is 0 Å². The minimum atomic E-state index is -0.718. The Morgan fingerprint density at radius 3 is 3.10 bits per heavy atom. The molecule has 0 aromatic carbocycles. The van der Waals surface area contributed by atoms with E-state index in [0.29, 0.717) is 13.0 Å². The van der Waals surface area contributed by atoms with Crippen molar-refractivity contribution >= 4 is 12.3 Å². The zero-order chi connectivity index (χ0) is 15.0. The number of esters is 1. The Labute approximate surface area is 124 Å². The Morgan fingerprint density at radius 2 is 2.38 bits per heavy atom. The van der Waals surface area contributed by atoms with Crippen LogP contribution in [-0.4, -0.2) is 18.9 Å². The lowest BCUT2D eigenvalue weighted by Gasteiger charge is -2.46. The Balaban J connectivity index is 2.12. The summed E-state index contributed by atoms with van der Waals surface area (Å²) in [5, 5.41) is 0. The van der Waals surface area contributed by atoms with Crippen LogP contribution in [0.4, 0.5) is 0 Å². The lowest BCUT2D eigenvalue weighted by molar-refractivity contribution is -0.163. The minimum absolute atomic E-state index is 0.0522. The molecule has 0 aliphatic heterocycles. The molecule has 0 saturated carbocycles. The number of hydrogen-bond acceptors (Lipinski definition) is 4. The van der Waals surface area contributed by atoms with E-state index in [4.69, 9.17) is 9.15 Å². The SMILES string of the molecule is CCOC(=O)[C@]1(CC=O)[C@H](C)Cc2occ3c2[C@@H]1CCC3. The summed E-state index contributed by atoms with van der Waals surface area (Å²) in [6.45, 7) is 4.21. The van der Waals surface area contributed by atoms with Gasteiger partial charge < -0.3 is 13.9 Å². The Hall–Kier alpha value is -1.58. The largest absolute Gasteiger partial charge is 0.469 e. The van der Waals surface area contributed by atoms with E-state index in [1.54, 1.807) is 0 Å². The molecule has 0 saturated heterocycles. The van der Waals surface area contributed by atoms with Gasteiger partial charge in [0.1, 0.15) is 12.0 Å². The number of furan rings is 1. The molecular weight excluding hydrogens is 268 g/mol. The van der Waals surface area contributed by atoms with E-state index < -0.39 is 5.41 Å². The molecule has 0 bridgehead atoms. The van der Waals surface area contributed by atoms with E-state index in [2.05, 4.69) is 0 Å². The molecule has 21 heavy (non-hydrogen) atoms. The summed E-state index contributed by atoms with van der Waals surface area (Å²) < 4.78 is 11.1. The third-order valence-electron chi connectivity index (χ3n) is 5.35. The van der Waals surface area contributed by atoms with Crippen LogP contribution in [0.15, 0.2) is 10.7 Å². The maximum Gasteiger partial charge on any atom is 0.313 e. The highest BCUT2D eigenvalue weighted by Gasteiger charge is 2.56. The normalized spacial score (nSPS) is 30.6. The highest BCUT2D eigenvalue weighted by Crippen LogP contribution is 2.56. The van der Waals surface area contributed by atoms with Gasteiger partial charge in [0, 0.05) is 24.3 Å². The Kier molecular flexibility index (Phi) is 3.64.